The van der Waals surface area contributed by atoms with Gasteiger partial charge in [-0.05, 0) is 30.7 Å². The molecule has 0 heterocycles. The van der Waals surface area contributed by atoms with Crippen LogP contribution in [0.1, 0.15) is 11.1 Å². The van der Waals surface area contributed by atoms with Gasteiger partial charge < -0.3 is 0 Å². The molecule has 0 amide bonds. The molecule has 0 aromatic heterocycles. The zero-order valence-corrected chi connectivity index (χ0v) is 10.1. The van der Waals surface area contributed by atoms with E-state index in [1.807, 2.05) is 25.1 Å². The van der Waals surface area contributed by atoms with Crippen molar-refractivity contribution in [2.75, 3.05) is 6.61 Å². The number of rotatable bonds is 1. The lowest BCUT2D eigenvalue weighted by molar-refractivity contribution is 0.173. The molecule has 2 nitrogen and oxygen atoms in total. The van der Waals surface area contributed by atoms with Gasteiger partial charge in [-0.2, -0.15) is 0 Å². The van der Waals surface area contributed by atoms with Crippen LogP contribution in [-0.2, 0) is 4.84 Å². The summed E-state index contributed by atoms with van der Waals surface area (Å²) >= 11 is 3.39. The molecule has 0 aliphatic carbocycles. The highest BCUT2D eigenvalue weighted by molar-refractivity contribution is 9.10. The minimum Gasteiger partial charge on any atom is -0.292 e. The highest BCUT2D eigenvalue weighted by Gasteiger charge is 1.93. The Balaban J connectivity index is 0.00000169. The van der Waals surface area contributed by atoms with E-state index in [1.54, 1.807) is 0 Å². The molecule has 0 fully saturated rings. The highest BCUT2D eigenvalue weighted by atomic mass is 79.9. The van der Waals surface area contributed by atoms with Gasteiger partial charge in [0.1, 0.15) is 6.61 Å². The van der Waals surface area contributed by atoms with Crippen molar-refractivity contribution in [3.05, 3.63) is 33.8 Å². The first-order chi connectivity index (χ1) is 6.24. The topological polar surface area (TPSA) is 35.2 Å². The van der Waals surface area contributed by atoms with E-state index in [0.717, 1.165) is 15.6 Å². The number of aryl methyl sites for hydroxylation is 1. The summed E-state index contributed by atoms with van der Waals surface area (Å²) in [5.41, 5.74) is 2.14. The molecule has 0 saturated heterocycles. The Morgan fingerprint density at radius 2 is 2.21 bits per heavy atom. The SMILES string of the molecule is Cc1cc(Br)ccc1C#CCON.Cl. The van der Waals surface area contributed by atoms with Gasteiger partial charge in [-0.25, -0.2) is 5.90 Å². The monoisotopic (exact) mass is 275 g/mol. The summed E-state index contributed by atoms with van der Waals surface area (Å²) in [7, 11) is 0. The van der Waals surface area contributed by atoms with Crippen molar-refractivity contribution in [3.8, 4) is 11.8 Å². The lowest BCUT2D eigenvalue weighted by atomic mass is 10.1. The van der Waals surface area contributed by atoms with Gasteiger partial charge in [-0.15, -0.1) is 12.4 Å². The normalized spacial score (nSPS) is 8.50. The molecule has 76 valence electrons. The van der Waals surface area contributed by atoms with Crippen LogP contribution in [0.4, 0.5) is 0 Å². The quantitative estimate of drug-likeness (QED) is 0.631. The van der Waals surface area contributed by atoms with Crippen molar-refractivity contribution in [2.45, 2.75) is 6.92 Å². The van der Waals surface area contributed by atoms with Gasteiger partial charge in [-0.1, -0.05) is 27.8 Å². The average Bonchev–Trinajstić information content (AvgIpc) is 2.09. The third-order valence-corrected chi connectivity index (χ3v) is 2.06. The minimum atomic E-state index is 0. The zero-order valence-electron chi connectivity index (χ0n) is 7.71. The van der Waals surface area contributed by atoms with E-state index in [2.05, 4.69) is 32.6 Å². The fourth-order valence-corrected chi connectivity index (χ4v) is 1.42. The molecule has 0 radical (unpaired) electrons. The van der Waals surface area contributed by atoms with Gasteiger partial charge in [-0.3, -0.25) is 4.84 Å². The lowest BCUT2D eigenvalue weighted by Crippen LogP contribution is -1.97. The first-order valence-corrected chi connectivity index (χ1v) is 4.60. The largest absolute Gasteiger partial charge is 0.292 e. The number of halogens is 2. The van der Waals surface area contributed by atoms with Crippen molar-refractivity contribution < 1.29 is 4.84 Å². The Morgan fingerprint density at radius 1 is 1.50 bits per heavy atom. The fourth-order valence-electron chi connectivity index (χ4n) is 0.940. The van der Waals surface area contributed by atoms with Gasteiger partial charge in [0, 0.05) is 10.0 Å². The molecular formula is C10H11BrClNO. The summed E-state index contributed by atoms with van der Waals surface area (Å²) < 4.78 is 1.06. The summed E-state index contributed by atoms with van der Waals surface area (Å²) in [5, 5.41) is 0. The summed E-state index contributed by atoms with van der Waals surface area (Å²) in [6, 6.07) is 5.94. The second kappa shape index (κ2) is 6.86. The molecule has 1 aromatic carbocycles. The van der Waals surface area contributed by atoms with Crippen LogP contribution < -0.4 is 5.90 Å². The molecule has 0 spiro atoms. The van der Waals surface area contributed by atoms with Gasteiger partial charge in [0.25, 0.3) is 0 Å². The van der Waals surface area contributed by atoms with Gasteiger partial charge in [0.05, 0.1) is 0 Å². The molecule has 0 unspecified atom stereocenters. The molecule has 1 aromatic rings. The lowest BCUT2D eigenvalue weighted by Gasteiger charge is -1.97. The smallest absolute Gasteiger partial charge is 0.129 e. The minimum absolute atomic E-state index is 0. The van der Waals surface area contributed by atoms with Crippen LogP contribution in [0.2, 0.25) is 0 Å². The maximum absolute atomic E-state index is 4.84. The first kappa shape index (κ1) is 13.5. The van der Waals surface area contributed by atoms with E-state index < -0.39 is 0 Å². The Hall–Kier alpha value is -0.530. The second-order valence-electron chi connectivity index (χ2n) is 2.57. The van der Waals surface area contributed by atoms with Crippen molar-refractivity contribution in [1.29, 1.82) is 0 Å². The molecule has 0 aliphatic rings. The molecule has 0 atom stereocenters. The number of nitrogens with two attached hydrogens (primary N) is 1. The second-order valence-corrected chi connectivity index (χ2v) is 3.49. The van der Waals surface area contributed by atoms with Crippen LogP contribution in [0.5, 0.6) is 0 Å². The van der Waals surface area contributed by atoms with Crippen LogP contribution in [0.3, 0.4) is 0 Å². The molecule has 1 rings (SSSR count). The third kappa shape index (κ3) is 4.12. The molecule has 0 saturated carbocycles. The molecule has 2 N–H and O–H groups in total. The van der Waals surface area contributed by atoms with Crippen LogP contribution in [0.15, 0.2) is 22.7 Å². The van der Waals surface area contributed by atoms with Crippen LogP contribution >= 0.6 is 28.3 Å². The van der Waals surface area contributed by atoms with Gasteiger partial charge in [0.2, 0.25) is 0 Å². The predicted molar refractivity (Wildman–Crippen MR) is 63.1 cm³/mol. The Kier molecular flexibility index (Phi) is 6.60. The number of hydrogen-bond donors (Lipinski definition) is 1. The molecule has 4 heteroatoms. The van der Waals surface area contributed by atoms with Crippen molar-refractivity contribution in [1.82, 2.24) is 0 Å². The average molecular weight is 277 g/mol. The standard InChI is InChI=1S/C10H10BrNO.ClH/c1-8-7-10(11)5-4-9(8)3-2-6-13-12;/h4-5,7H,6,12H2,1H3;1H. The van der Waals surface area contributed by atoms with Crippen molar-refractivity contribution in [2.24, 2.45) is 5.90 Å². The number of benzene rings is 1. The van der Waals surface area contributed by atoms with Crippen molar-refractivity contribution in [3.63, 3.8) is 0 Å². The maximum atomic E-state index is 4.84. The summed E-state index contributed by atoms with van der Waals surface area (Å²) in [4.78, 5) is 4.34. The fraction of sp³-hybridized carbons (Fsp3) is 0.200. The first-order valence-electron chi connectivity index (χ1n) is 3.80. The number of hydrogen-bond acceptors (Lipinski definition) is 2. The summed E-state index contributed by atoms with van der Waals surface area (Å²) in [5.74, 6) is 10.6. The van der Waals surface area contributed by atoms with E-state index in [0.29, 0.717) is 0 Å². The van der Waals surface area contributed by atoms with E-state index in [9.17, 15) is 0 Å². The highest BCUT2D eigenvalue weighted by Crippen LogP contribution is 2.14. The van der Waals surface area contributed by atoms with E-state index in [-0.39, 0.29) is 19.0 Å². The third-order valence-electron chi connectivity index (χ3n) is 1.57. The van der Waals surface area contributed by atoms with Gasteiger partial charge in [0.15, 0.2) is 0 Å². The molecule has 14 heavy (non-hydrogen) atoms. The van der Waals surface area contributed by atoms with Crippen LogP contribution in [0.25, 0.3) is 0 Å². The molecule has 0 aliphatic heterocycles. The Labute approximate surface area is 98.3 Å². The predicted octanol–water partition coefficient (Wildman–Crippen LogP) is 2.42. The Bertz CT molecular complexity index is 357. The molecule has 0 bridgehead atoms. The van der Waals surface area contributed by atoms with Crippen LogP contribution in [0, 0.1) is 18.8 Å². The summed E-state index contributed by atoms with van der Waals surface area (Å²) in [6.07, 6.45) is 0. The van der Waals surface area contributed by atoms with Crippen molar-refractivity contribution >= 4 is 28.3 Å². The van der Waals surface area contributed by atoms with Crippen LogP contribution in [-0.4, -0.2) is 6.61 Å². The Morgan fingerprint density at radius 3 is 2.79 bits per heavy atom. The van der Waals surface area contributed by atoms with E-state index in [1.165, 1.54) is 0 Å². The maximum Gasteiger partial charge on any atom is 0.129 e. The zero-order chi connectivity index (χ0) is 9.68. The molecular weight excluding hydrogens is 265 g/mol. The van der Waals surface area contributed by atoms with Gasteiger partial charge >= 0.3 is 0 Å². The van der Waals surface area contributed by atoms with E-state index >= 15 is 0 Å². The van der Waals surface area contributed by atoms with E-state index in [4.69, 9.17) is 5.90 Å². The summed E-state index contributed by atoms with van der Waals surface area (Å²) in [6.45, 7) is 2.27.